The second-order valence-corrected chi connectivity index (χ2v) is 5.55. The highest BCUT2D eigenvalue weighted by Gasteiger charge is 2.38. The molecule has 0 radical (unpaired) electrons. The summed E-state index contributed by atoms with van der Waals surface area (Å²) >= 11 is 0. The van der Waals surface area contributed by atoms with Crippen molar-refractivity contribution in [2.24, 2.45) is 0 Å². The largest absolute Gasteiger partial charge is 0.339 e. The van der Waals surface area contributed by atoms with Gasteiger partial charge in [-0.15, -0.1) is 12.4 Å². The van der Waals surface area contributed by atoms with Crippen LogP contribution >= 0.6 is 12.4 Å². The fraction of sp³-hybridized carbons (Fsp3) is 0.923. The van der Waals surface area contributed by atoms with E-state index in [1.54, 1.807) is 0 Å². The molecule has 0 saturated carbocycles. The average Bonchev–Trinajstić information content (AvgIpc) is 2.71. The number of halogens is 1. The highest BCUT2D eigenvalue weighted by Crippen LogP contribution is 2.22. The highest BCUT2D eigenvalue weighted by atomic mass is 35.5. The summed E-state index contributed by atoms with van der Waals surface area (Å²) in [7, 11) is 2.02. The van der Waals surface area contributed by atoms with Gasteiger partial charge < -0.3 is 10.2 Å². The normalized spacial score (nSPS) is 29.8. The summed E-state index contributed by atoms with van der Waals surface area (Å²) in [6.07, 6.45) is 3.45. The SMILES string of the molecule is CNC1CCCN(C2CCN(C(C)C)C2=O)C1.Cl. The first-order valence-electron chi connectivity index (χ1n) is 6.85. The van der Waals surface area contributed by atoms with Gasteiger partial charge in [-0.3, -0.25) is 9.69 Å². The number of hydrogen-bond acceptors (Lipinski definition) is 3. The molecular weight excluding hydrogens is 250 g/mol. The highest BCUT2D eigenvalue weighted by molar-refractivity contribution is 5.85. The second-order valence-electron chi connectivity index (χ2n) is 5.55. The van der Waals surface area contributed by atoms with Crippen LogP contribution in [0.5, 0.6) is 0 Å². The Balaban J connectivity index is 0.00000162. The topological polar surface area (TPSA) is 35.6 Å². The second kappa shape index (κ2) is 6.73. The average molecular weight is 276 g/mol. The van der Waals surface area contributed by atoms with Crippen molar-refractivity contribution < 1.29 is 4.79 Å². The fourth-order valence-electron chi connectivity index (χ4n) is 3.06. The Labute approximate surface area is 116 Å². The molecule has 1 amide bonds. The predicted molar refractivity (Wildman–Crippen MR) is 76.2 cm³/mol. The molecule has 0 aromatic heterocycles. The molecule has 0 aliphatic carbocycles. The Morgan fingerprint density at radius 1 is 1.28 bits per heavy atom. The zero-order valence-corrected chi connectivity index (χ0v) is 12.5. The molecule has 1 N–H and O–H groups in total. The van der Waals surface area contributed by atoms with Crippen LogP contribution in [0.15, 0.2) is 0 Å². The van der Waals surface area contributed by atoms with Gasteiger partial charge in [-0.25, -0.2) is 0 Å². The van der Waals surface area contributed by atoms with E-state index in [4.69, 9.17) is 0 Å². The molecule has 0 aromatic carbocycles. The number of likely N-dealkylation sites (N-methyl/N-ethyl adjacent to an activating group) is 1. The molecule has 2 rings (SSSR count). The lowest BCUT2D eigenvalue weighted by Gasteiger charge is -2.36. The van der Waals surface area contributed by atoms with Crippen LogP contribution in [0.25, 0.3) is 0 Å². The van der Waals surface area contributed by atoms with Crippen LogP contribution in [0, 0.1) is 0 Å². The van der Waals surface area contributed by atoms with Gasteiger partial charge in [0.05, 0.1) is 6.04 Å². The van der Waals surface area contributed by atoms with E-state index in [-0.39, 0.29) is 18.4 Å². The number of piperidine rings is 1. The Kier molecular flexibility index (Phi) is 5.89. The van der Waals surface area contributed by atoms with Crippen LogP contribution in [0.2, 0.25) is 0 Å². The number of rotatable bonds is 3. The molecule has 18 heavy (non-hydrogen) atoms. The molecule has 2 aliphatic heterocycles. The van der Waals surface area contributed by atoms with Gasteiger partial charge in [-0.1, -0.05) is 0 Å². The van der Waals surface area contributed by atoms with Crippen LogP contribution in [0.1, 0.15) is 33.1 Å². The summed E-state index contributed by atoms with van der Waals surface area (Å²) in [5.74, 6) is 0.344. The van der Waals surface area contributed by atoms with Crippen molar-refractivity contribution >= 4 is 18.3 Å². The van der Waals surface area contributed by atoms with Crippen LogP contribution in [-0.4, -0.2) is 60.5 Å². The molecule has 2 aliphatic rings. The van der Waals surface area contributed by atoms with Crippen molar-refractivity contribution in [3.63, 3.8) is 0 Å². The molecule has 0 aromatic rings. The van der Waals surface area contributed by atoms with Gasteiger partial charge in [0.25, 0.3) is 0 Å². The summed E-state index contributed by atoms with van der Waals surface area (Å²) in [6, 6.07) is 1.05. The molecule has 2 fully saturated rings. The first-order chi connectivity index (χ1) is 8.13. The fourth-order valence-corrected chi connectivity index (χ4v) is 3.06. The molecule has 2 unspecified atom stereocenters. The predicted octanol–water partition coefficient (Wildman–Crippen LogP) is 1.10. The summed E-state index contributed by atoms with van der Waals surface area (Å²) in [5, 5.41) is 3.34. The molecule has 106 valence electrons. The van der Waals surface area contributed by atoms with Gasteiger partial charge in [0.2, 0.25) is 5.91 Å². The van der Waals surface area contributed by atoms with Gasteiger partial charge in [0.1, 0.15) is 0 Å². The molecule has 0 bridgehead atoms. The number of likely N-dealkylation sites (tertiary alicyclic amines) is 2. The minimum absolute atomic E-state index is 0. The van der Waals surface area contributed by atoms with Crippen LogP contribution < -0.4 is 5.32 Å². The van der Waals surface area contributed by atoms with E-state index in [1.807, 2.05) is 11.9 Å². The van der Waals surface area contributed by atoms with Crippen molar-refractivity contribution in [2.75, 3.05) is 26.7 Å². The van der Waals surface area contributed by atoms with E-state index in [0.29, 0.717) is 18.0 Å². The maximum absolute atomic E-state index is 12.3. The summed E-state index contributed by atoms with van der Waals surface area (Å²) in [5.41, 5.74) is 0. The standard InChI is InChI=1S/C13H25N3O.ClH/c1-10(2)16-8-6-12(13(16)17)15-7-4-5-11(9-15)14-3;/h10-12,14H,4-9H2,1-3H3;1H. The van der Waals surface area contributed by atoms with Gasteiger partial charge >= 0.3 is 0 Å². The lowest BCUT2D eigenvalue weighted by Crippen LogP contribution is -2.51. The minimum Gasteiger partial charge on any atom is -0.339 e. The van der Waals surface area contributed by atoms with E-state index >= 15 is 0 Å². The number of amides is 1. The third-order valence-electron chi connectivity index (χ3n) is 4.14. The van der Waals surface area contributed by atoms with Gasteiger partial charge in [0.15, 0.2) is 0 Å². The van der Waals surface area contributed by atoms with Crippen molar-refractivity contribution in [1.29, 1.82) is 0 Å². The first-order valence-corrected chi connectivity index (χ1v) is 6.85. The number of nitrogens with zero attached hydrogens (tertiary/aromatic N) is 2. The summed E-state index contributed by atoms with van der Waals surface area (Å²) < 4.78 is 0. The number of nitrogens with one attached hydrogen (secondary N) is 1. The Hall–Kier alpha value is -0.320. The first kappa shape index (κ1) is 15.7. The third-order valence-corrected chi connectivity index (χ3v) is 4.14. The van der Waals surface area contributed by atoms with E-state index in [1.165, 1.54) is 12.8 Å². The molecule has 2 saturated heterocycles. The molecule has 5 heteroatoms. The summed E-state index contributed by atoms with van der Waals surface area (Å²) in [6.45, 7) is 7.25. The van der Waals surface area contributed by atoms with E-state index in [2.05, 4.69) is 24.1 Å². The van der Waals surface area contributed by atoms with Gasteiger partial charge in [0, 0.05) is 25.2 Å². The Morgan fingerprint density at radius 2 is 2.00 bits per heavy atom. The van der Waals surface area contributed by atoms with E-state index < -0.39 is 0 Å². The Bertz CT molecular complexity index is 285. The molecule has 2 heterocycles. The quantitative estimate of drug-likeness (QED) is 0.838. The number of carbonyl (C=O) groups is 1. The molecular formula is C13H26ClN3O. The lowest BCUT2D eigenvalue weighted by molar-refractivity contribution is -0.133. The van der Waals surface area contributed by atoms with Crippen molar-refractivity contribution in [1.82, 2.24) is 15.1 Å². The van der Waals surface area contributed by atoms with Crippen molar-refractivity contribution in [3.8, 4) is 0 Å². The smallest absolute Gasteiger partial charge is 0.240 e. The zero-order valence-electron chi connectivity index (χ0n) is 11.7. The monoisotopic (exact) mass is 275 g/mol. The Morgan fingerprint density at radius 3 is 2.56 bits per heavy atom. The lowest BCUT2D eigenvalue weighted by atomic mass is 10.0. The number of carbonyl (C=O) groups excluding carboxylic acids is 1. The zero-order chi connectivity index (χ0) is 12.4. The van der Waals surface area contributed by atoms with Gasteiger partial charge in [-0.2, -0.15) is 0 Å². The van der Waals surface area contributed by atoms with Crippen LogP contribution in [-0.2, 0) is 4.79 Å². The van der Waals surface area contributed by atoms with Gasteiger partial charge in [-0.05, 0) is 46.7 Å². The maximum Gasteiger partial charge on any atom is 0.240 e. The summed E-state index contributed by atoms with van der Waals surface area (Å²) in [4.78, 5) is 16.7. The van der Waals surface area contributed by atoms with Crippen LogP contribution in [0.3, 0.4) is 0 Å². The molecule has 4 nitrogen and oxygen atoms in total. The number of hydrogen-bond donors (Lipinski definition) is 1. The van der Waals surface area contributed by atoms with E-state index in [9.17, 15) is 4.79 Å². The van der Waals surface area contributed by atoms with E-state index in [0.717, 1.165) is 26.1 Å². The molecule has 0 spiro atoms. The molecule has 2 atom stereocenters. The maximum atomic E-state index is 12.3. The third kappa shape index (κ3) is 3.16. The van der Waals surface area contributed by atoms with Crippen molar-refractivity contribution in [3.05, 3.63) is 0 Å². The van der Waals surface area contributed by atoms with Crippen LogP contribution in [0.4, 0.5) is 0 Å². The van der Waals surface area contributed by atoms with Crippen molar-refractivity contribution in [2.45, 2.75) is 51.2 Å². The minimum atomic E-state index is 0.